The molecule has 1 fully saturated rings. The van der Waals surface area contributed by atoms with Gasteiger partial charge in [0, 0.05) is 30.2 Å². The molecule has 2 aromatic rings. The van der Waals surface area contributed by atoms with E-state index in [1.165, 1.54) is 21.7 Å². The first-order valence-electron chi connectivity index (χ1n) is 8.25. The average Bonchev–Trinajstić information content (AvgIpc) is 3.03. The predicted octanol–water partition coefficient (Wildman–Crippen LogP) is 1.84. The van der Waals surface area contributed by atoms with E-state index < -0.39 is 15.9 Å². The van der Waals surface area contributed by atoms with Crippen LogP contribution in [0, 0.1) is 11.7 Å². The first kappa shape index (κ1) is 18.9. The fourth-order valence-electron chi connectivity index (χ4n) is 2.95. The van der Waals surface area contributed by atoms with E-state index >= 15 is 0 Å². The van der Waals surface area contributed by atoms with Crippen LogP contribution in [-0.4, -0.2) is 42.5 Å². The van der Waals surface area contributed by atoms with Gasteiger partial charge in [-0.3, -0.25) is 4.79 Å². The average molecular weight is 397 g/mol. The van der Waals surface area contributed by atoms with E-state index in [4.69, 9.17) is 0 Å². The van der Waals surface area contributed by atoms with Crippen LogP contribution in [0.4, 0.5) is 4.39 Å². The van der Waals surface area contributed by atoms with E-state index in [-0.39, 0.29) is 24.8 Å². The number of sulfonamides is 1. The van der Waals surface area contributed by atoms with Crippen LogP contribution in [0.5, 0.6) is 0 Å². The van der Waals surface area contributed by atoms with Gasteiger partial charge in [0.25, 0.3) is 5.91 Å². The molecule has 1 atom stereocenters. The summed E-state index contributed by atoms with van der Waals surface area (Å²) in [5.74, 6) is -1.08. The highest BCUT2D eigenvalue weighted by atomic mass is 32.2. The van der Waals surface area contributed by atoms with Gasteiger partial charge in [-0.15, -0.1) is 11.3 Å². The molecule has 26 heavy (non-hydrogen) atoms. The molecule has 1 aliphatic heterocycles. The second-order valence-corrected chi connectivity index (χ2v) is 9.17. The van der Waals surface area contributed by atoms with Crippen molar-refractivity contribution in [1.29, 1.82) is 0 Å². The second kappa shape index (κ2) is 7.81. The minimum absolute atomic E-state index is 0.167. The van der Waals surface area contributed by atoms with Gasteiger partial charge in [-0.1, -0.05) is 18.2 Å². The Hall–Kier alpha value is -1.84. The SMILES string of the molecule is CS(=O)(=O)N1CCCC(C(=O)N=c2sccn2Cc2ccccc2F)C1. The van der Waals surface area contributed by atoms with E-state index in [1.807, 2.05) is 0 Å². The normalized spacial score (nSPS) is 19.6. The maximum Gasteiger partial charge on any atom is 0.252 e. The highest BCUT2D eigenvalue weighted by molar-refractivity contribution is 7.88. The Kier molecular flexibility index (Phi) is 5.69. The highest BCUT2D eigenvalue weighted by Gasteiger charge is 2.30. The fraction of sp³-hybridized carbons (Fsp3) is 0.412. The molecule has 1 aliphatic rings. The molecule has 9 heteroatoms. The van der Waals surface area contributed by atoms with Crippen LogP contribution in [0.25, 0.3) is 0 Å². The highest BCUT2D eigenvalue weighted by Crippen LogP contribution is 2.19. The van der Waals surface area contributed by atoms with Crippen molar-refractivity contribution in [2.24, 2.45) is 10.9 Å². The van der Waals surface area contributed by atoms with Crippen LogP contribution >= 0.6 is 11.3 Å². The Balaban J connectivity index is 1.79. The Bertz CT molecular complexity index is 965. The van der Waals surface area contributed by atoms with Crippen LogP contribution in [0.15, 0.2) is 40.8 Å². The largest absolute Gasteiger partial charge is 0.319 e. The first-order chi connectivity index (χ1) is 12.3. The van der Waals surface area contributed by atoms with Gasteiger partial charge in [0.05, 0.1) is 18.7 Å². The third-order valence-electron chi connectivity index (χ3n) is 4.37. The molecule has 1 amide bonds. The molecule has 0 radical (unpaired) electrons. The first-order valence-corrected chi connectivity index (χ1v) is 11.0. The number of benzene rings is 1. The molecule has 0 bridgehead atoms. The maximum absolute atomic E-state index is 13.9. The number of nitrogens with zero attached hydrogens (tertiary/aromatic N) is 3. The summed E-state index contributed by atoms with van der Waals surface area (Å²) in [6, 6.07) is 6.47. The predicted molar refractivity (Wildman–Crippen MR) is 97.5 cm³/mol. The van der Waals surface area contributed by atoms with Crippen LogP contribution in [0.3, 0.4) is 0 Å². The third-order valence-corrected chi connectivity index (χ3v) is 6.43. The zero-order valence-electron chi connectivity index (χ0n) is 14.3. The smallest absolute Gasteiger partial charge is 0.252 e. The van der Waals surface area contributed by atoms with E-state index in [2.05, 4.69) is 4.99 Å². The number of hydrogen-bond donors (Lipinski definition) is 0. The van der Waals surface area contributed by atoms with Crippen molar-refractivity contribution in [3.63, 3.8) is 0 Å². The van der Waals surface area contributed by atoms with Crippen molar-refractivity contribution >= 4 is 27.3 Å². The molecule has 1 unspecified atom stereocenters. The summed E-state index contributed by atoms with van der Waals surface area (Å²) in [7, 11) is -3.31. The standard InChI is InChI=1S/C17H20FN3O3S2/c1-26(23,24)21-8-4-6-14(12-21)16(22)19-17-20(9-10-25-17)11-13-5-2-3-7-15(13)18/h2-3,5,7,9-10,14H,4,6,8,11-12H2,1H3. The number of halogens is 1. The number of hydrogen-bond acceptors (Lipinski definition) is 4. The van der Waals surface area contributed by atoms with Crippen molar-refractivity contribution in [3.05, 3.63) is 52.0 Å². The lowest BCUT2D eigenvalue weighted by molar-refractivity contribution is -0.122. The Morgan fingerprint density at radius 2 is 2.15 bits per heavy atom. The summed E-state index contributed by atoms with van der Waals surface area (Å²) in [4.78, 5) is 17.2. The van der Waals surface area contributed by atoms with E-state index in [0.29, 0.717) is 29.8 Å². The van der Waals surface area contributed by atoms with Gasteiger partial charge in [0.1, 0.15) is 5.82 Å². The quantitative estimate of drug-likeness (QED) is 0.790. The van der Waals surface area contributed by atoms with Crippen LogP contribution in [0.1, 0.15) is 18.4 Å². The molecule has 2 heterocycles. The topological polar surface area (TPSA) is 71.7 Å². The van der Waals surface area contributed by atoms with E-state index in [9.17, 15) is 17.6 Å². The summed E-state index contributed by atoms with van der Waals surface area (Å²) in [5.41, 5.74) is 0.515. The third kappa shape index (κ3) is 4.46. The Morgan fingerprint density at radius 1 is 1.38 bits per heavy atom. The number of aromatic nitrogens is 1. The Morgan fingerprint density at radius 3 is 2.88 bits per heavy atom. The van der Waals surface area contributed by atoms with Gasteiger partial charge in [0.15, 0.2) is 4.80 Å². The number of carbonyl (C=O) groups is 1. The molecule has 0 spiro atoms. The van der Waals surface area contributed by atoms with Crippen molar-refractivity contribution < 1.29 is 17.6 Å². The molecular formula is C17H20FN3O3S2. The minimum Gasteiger partial charge on any atom is -0.319 e. The maximum atomic E-state index is 13.9. The van der Waals surface area contributed by atoms with Crippen LogP contribution in [0.2, 0.25) is 0 Å². The van der Waals surface area contributed by atoms with Crippen LogP contribution in [-0.2, 0) is 21.4 Å². The molecule has 1 aromatic carbocycles. The zero-order chi connectivity index (χ0) is 18.7. The molecular weight excluding hydrogens is 377 g/mol. The molecule has 140 valence electrons. The van der Waals surface area contributed by atoms with Gasteiger partial charge in [0.2, 0.25) is 10.0 Å². The molecule has 3 rings (SSSR count). The number of carbonyl (C=O) groups excluding carboxylic acids is 1. The second-order valence-electron chi connectivity index (χ2n) is 6.32. The van der Waals surface area contributed by atoms with Gasteiger partial charge in [-0.25, -0.2) is 17.1 Å². The van der Waals surface area contributed by atoms with Gasteiger partial charge >= 0.3 is 0 Å². The van der Waals surface area contributed by atoms with Crippen molar-refractivity contribution in [2.45, 2.75) is 19.4 Å². The van der Waals surface area contributed by atoms with Crippen molar-refractivity contribution in [2.75, 3.05) is 19.3 Å². The number of thiazole rings is 1. The summed E-state index contributed by atoms with van der Waals surface area (Å²) >= 11 is 1.29. The number of amides is 1. The van der Waals surface area contributed by atoms with Gasteiger partial charge in [-0.2, -0.15) is 4.99 Å². The molecule has 1 aromatic heterocycles. The van der Waals surface area contributed by atoms with E-state index in [0.717, 1.165) is 6.26 Å². The number of rotatable bonds is 4. The van der Waals surface area contributed by atoms with Gasteiger partial charge in [-0.05, 0) is 18.9 Å². The summed E-state index contributed by atoms with van der Waals surface area (Å²) in [6.07, 6.45) is 4.16. The summed E-state index contributed by atoms with van der Waals surface area (Å²) in [6.45, 7) is 0.886. The lowest BCUT2D eigenvalue weighted by atomic mass is 9.99. The fourth-order valence-corrected chi connectivity index (χ4v) is 4.59. The number of piperidine rings is 1. The minimum atomic E-state index is -3.31. The molecule has 0 saturated carbocycles. The monoisotopic (exact) mass is 397 g/mol. The van der Waals surface area contributed by atoms with Crippen molar-refractivity contribution in [3.8, 4) is 0 Å². The lowest BCUT2D eigenvalue weighted by Gasteiger charge is -2.28. The lowest BCUT2D eigenvalue weighted by Crippen LogP contribution is -2.41. The molecule has 1 saturated heterocycles. The molecule has 6 nitrogen and oxygen atoms in total. The summed E-state index contributed by atoms with van der Waals surface area (Å²) in [5, 5.41) is 1.79. The summed E-state index contributed by atoms with van der Waals surface area (Å²) < 4.78 is 40.3. The molecule has 0 aliphatic carbocycles. The van der Waals surface area contributed by atoms with Crippen LogP contribution < -0.4 is 4.80 Å². The zero-order valence-corrected chi connectivity index (χ0v) is 16.0. The van der Waals surface area contributed by atoms with Gasteiger partial charge < -0.3 is 4.57 Å². The van der Waals surface area contributed by atoms with E-state index in [1.54, 1.807) is 34.3 Å². The molecule has 0 N–H and O–H groups in total. The Labute approximate surface area is 155 Å². The van der Waals surface area contributed by atoms with Crippen molar-refractivity contribution in [1.82, 2.24) is 8.87 Å².